The molecule has 2 aliphatic rings. The predicted octanol–water partition coefficient (Wildman–Crippen LogP) is 9.52. The van der Waals surface area contributed by atoms with Gasteiger partial charge in [0.2, 0.25) is 0 Å². The predicted molar refractivity (Wildman–Crippen MR) is 141 cm³/mol. The molecule has 2 atom stereocenters. The summed E-state index contributed by atoms with van der Waals surface area (Å²) in [5.74, 6) is 0. The summed E-state index contributed by atoms with van der Waals surface area (Å²) in [6.07, 6.45) is 0. The normalized spacial score (nSPS) is 26.3. The van der Waals surface area contributed by atoms with Gasteiger partial charge in [-0.2, -0.15) is 29.3 Å². The van der Waals surface area contributed by atoms with Crippen LogP contribution in [0.4, 0.5) is 0 Å². The van der Waals surface area contributed by atoms with Gasteiger partial charge < -0.3 is 30.3 Å². The first kappa shape index (κ1) is 27.2. The fourth-order valence-electron chi connectivity index (χ4n) is 4.47. The number of hydrogen-bond donors (Lipinski definition) is 0. The molecule has 0 N–H and O–H groups in total. The molecule has 2 unspecified atom stereocenters. The zero-order valence-electron chi connectivity index (χ0n) is 19.6. The molecule has 0 fully saturated rings. The monoisotopic (exact) mass is 564 g/mol. The molecule has 0 radical (unpaired) electrons. The fraction of sp³-hybridized carbons (Fsp3) is 0.385. The van der Waals surface area contributed by atoms with Gasteiger partial charge in [-0.15, -0.1) is 11.1 Å². The van der Waals surface area contributed by atoms with Crippen molar-refractivity contribution in [1.29, 1.82) is 0 Å². The van der Waals surface area contributed by atoms with Crippen molar-refractivity contribution in [2.75, 3.05) is 0 Å². The summed E-state index contributed by atoms with van der Waals surface area (Å²) >= 11 is 13.4. The van der Waals surface area contributed by atoms with Gasteiger partial charge in [-0.25, -0.2) is 0 Å². The van der Waals surface area contributed by atoms with Gasteiger partial charge in [0, 0.05) is 36.5 Å². The first-order chi connectivity index (χ1) is 13.9. The van der Waals surface area contributed by atoms with Crippen molar-refractivity contribution in [2.24, 2.45) is 0 Å². The summed E-state index contributed by atoms with van der Waals surface area (Å²) in [5, 5.41) is 4.14. The first-order valence-corrected chi connectivity index (χ1v) is 12.8. The van der Waals surface area contributed by atoms with E-state index in [0.29, 0.717) is 5.02 Å². The molecule has 4 rings (SSSR count). The van der Waals surface area contributed by atoms with Crippen LogP contribution in [0, 0.1) is 0 Å². The van der Waals surface area contributed by atoms with Gasteiger partial charge in [0.15, 0.2) is 0 Å². The van der Waals surface area contributed by atoms with Crippen LogP contribution in [0.3, 0.4) is 0 Å². The van der Waals surface area contributed by atoms with Gasteiger partial charge in [-0.3, -0.25) is 0 Å². The molecule has 2 aromatic carbocycles. The Morgan fingerprint density at radius 2 is 1.23 bits per heavy atom. The molecule has 0 spiro atoms. The van der Waals surface area contributed by atoms with Crippen LogP contribution in [-0.4, -0.2) is 10.6 Å². The minimum Gasteiger partial charge on any atom is -0.748 e. The standard InChI is InChI=1S/C21H25Cl2P2.C5H5.Zr/c1-10-12(3)20(7,24-14(10)5)16-9-17(22)19(23)18(16)21(8)13(4)11(2)15(6)25-21;1-2-4-5-3-1;/h9H,1-8H3;1-5H;/q-1;-5;. The summed E-state index contributed by atoms with van der Waals surface area (Å²) in [5.41, 5.74) is 8.20. The van der Waals surface area contributed by atoms with E-state index in [4.69, 9.17) is 23.2 Å². The SMILES string of the molecule is CC1=PC(C)(c2c(Cl)c(Cl)c[c-]2C2(C)P=C(C)C(C)=C2C)C(C)=C1C.[Zr].[cH-]1[cH-][cH-][cH-][cH-]1. The van der Waals surface area contributed by atoms with Crippen molar-refractivity contribution < 1.29 is 26.2 Å². The Bertz CT molecular complexity index is 1080. The van der Waals surface area contributed by atoms with Crippen molar-refractivity contribution in [3.05, 3.63) is 79.9 Å². The van der Waals surface area contributed by atoms with Crippen molar-refractivity contribution in [3.8, 4) is 0 Å². The third-order valence-electron chi connectivity index (χ3n) is 6.99. The van der Waals surface area contributed by atoms with Crippen LogP contribution in [0.15, 0.2) is 58.7 Å². The summed E-state index contributed by atoms with van der Waals surface area (Å²) in [7, 11) is 2.66. The molecule has 31 heavy (non-hydrogen) atoms. The topological polar surface area (TPSA) is 0 Å². The summed E-state index contributed by atoms with van der Waals surface area (Å²) in [4.78, 5) is 0. The van der Waals surface area contributed by atoms with E-state index in [1.165, 1.54) is 60.4 Å². The van der Waals surface area contributed by atoms with Gasteiger partial charge >= 0.3 is 0 Å². The zero-order valence-corrected chi connectivity index (χ0v) is 25.4. The smallest absolute Gasteiger partial charge is 0.0344 e. The maximum Gasteiger partial charge on any atom is 0.0344 e. The second kappa shape index (κ2) is 10.1. The number of halogens is 2. The summed E-state index contributed by atoms with van der Waals surface area (Å²) in [6.45, 7) is 18.1. The van der Waals surface area contributed by atoms with E-state index in [2.05, 4.69) is 61.5 Å². The molecular formula is C26H30Cl2P2Zr-6. The van der Waals surface area contributed by atoms with E-state index in [1.54, 1.807) is 0 Å². The van der Waals surface area contributed by atoms with E-state index in [9.17, 15) is 0 Å². The van der Waals surface area contributed by atoms with Crippen LogP contribution in [0.2, 0.25) is 10.0 Å². The largest absolute Gasteiger partial charge is 0.748 e. The minimum atomic E-state index is -0.100. The Hall–Kier alpha value is -0.0169. The van der Waals surface area contributed by atoms with Gasteiger partial charge in [-0.1, -0.05) is 44.5 Å². The second-order valence-corrected chi connectivity index (χ2v) is 13.0. The van der Waals surface area contributed by atoms with Crippen molar-refractivity contribution in [1.82, 2.24) is 0 Å². The molecule has 0 saturated carbocycles. The Balaban J connectivity index is 0.000000501. The molecule has 2 heterocycles. The van der Waals surface area contributed by atoms with Crippen molar-refractivity contribution in [2.45, 2.75) is 65.7 Å². The number of hydrogen-bond acceptors (Lipinski definition) is 0. The van der Waals surface area contributed by atoms with Crippen molar-refractivity contribution in [3.63, 3.8) is 0 Å². The Labute approximate surface area is 220 Å². The van der Waals surface area contributed by atoms with Crippen LogP contribution in [-0.2, 0) is 36.5 Å². The molecule has 5 heteroatoms. The molecule has 168 valence electrons. The Morgan fingerprint density at radius 3 is 1.61 bits per heavy atom. The number of rotatable bonds is 2. The molecule has 0 amide bonds. The van der Waals surface area contributed by atoms with Crippen LogP contribution < -0.4 is 0 Å². The summed E-state index contributed by atoms with van der Waals surface area (Å²) < 4.78 is 0. The average Bonchev–Trinajstić information content (AvgIpc) is 3.44. The Morgan fingerprint density at radius 1 is 0.774 bits per heavy atom. The average molecular weight is 567 g/mol. The minimum absolute atomic E-state index is 0. The maximum atomic E-state index is 6.81. The fourth-order valence-corrected chi connectivity index (χ4v) is 8.40. The maximum absolute atomic E-state index is 6.81. The van der Waals surface area contributed by atoms with Crippen LogP contribution in [0.25, 0.3) is 0 Å². The molecule has 2 aromatic rings. The molecule has 2 aliphatic heterocycles. The molecule has 0 saturated heterocycles. The van der Waals surface area contributed by atoms with E-state index in [0.717, 1.165) is 5.02 Å². The van der Waals surface area contributed by atoms with E-state index in [-0.39, 0.29) is 36.5 Å². The van der Waals surface area contributed by atoms with Gasteiger partial charge in [-0.05, 0) is 70.2 Å². The van der Waals surface area contributed by atoms with Crippen LogP contribution in [0.5, 0.6) is 0 Å². The molecular weight excluding hydrogens is 536 g/mol. The second-order valence-electron chi connectivity index (χ2n) is 8.60. The zero-order chi connectivity index (χ0) is 22.4. The third-order valence-corrected chi connectivity index (χ3v) is 11.1. The van der Waals surface area contributed by atoms with Crippen LogP contribution >= 0.6 is 39.6 Å². The van der Waals surface area contributed by atoms with Gasteiger partial charge in [0.05, 0.1) is 0 Å². The summed E-state index contributed by atoms with van der Waals surface area (Å²) in [6, 6.07) is 12.1. The van der Waals surface area contributed by atoms with Gasteiger partial charge in [0.1, 0.15) is 0 Å². The quantitative estimate of drug-likeness (QED) is 0.251. The molecule has 0 bridgehead atoms. The van der Waals surface area contributed by atoms with E-state index < -0.39 is 0 Å². The van der Waals surface area contributed by atoms with Crippen LogP contribution in [0.1, 0.15) is 66.5 Å². The first-order valence-electron chi connectivity index (χ1n) is 10.3. The van der Waals surface area contributed by atoms with E-state index >= 15 is 0 Å². The molecule has 0 nitrogen and oxygen atoms in total. The van der Waals surface area contributed by atoms with Crippen molar-refractivity contribution >= 4 is 50.2 Å². The molecule has 0 aromatic heterocycles. The number of allylic oxidation sites excluding steroid dienone is 4. The Kier molecular flexibility index (Phi) is 8.86. The third kappa shape index (κ3) is 4.66. The van der Waals surface area contributed by atoms with Gasteiger partial charge in [0.25, 0.3) is 0 Å². The van der Waals surface area contributed by atoms with E-state index in [1.807, 2.05) is 30.3 Å². The molecule has 0 aliphatic carbocycles.